The highest BCUT2D eigenvalue weighted by Crippen LogP contribution is 2.34. The van der Waals surface area contributed by atoms with Gasteiger partial charge in [-0.25, -0.2) is 4.98 Å². The lowest BCUT2D eigenvalue weighted by Crippen LogP contribution is -2.09. The Balaban J connectivity index is 2.42. The van der Waals surface area contributed by atoms with Crippen molar-refractivity contribution in [3.05, 3.63) is 58.8 Å². The number of ether oxygens (including phenoxy) is 1. The molecule has 0 aliphatic carbocycles. The Labute approximate surface area is 120 Å². The van der Waals surface area contributed by atoms with Crippen molar-refractivity contribution in [2.45, 2.75) is 19.2 Å². The number of nitrogens with zero attached hydrogens (tertiary/aromatic N) is 1. The Morgan fingerprint density at radius 2 is 1.90 bits per heavy atom. The molecule has 0 bridgehead atoms. The molecule has 1 aromatic carbocycles. The number of aryl methyl sites for hydroxylation is 1. The summed E-state index contributed by atoms with van der Waals surface area (Å²) < 4.78 is 43.0. The van der Waals surface area contributed by atoms with Gasteiger partial charge in [0.1, 0.15) is 6.10 Å². The average molecular weight is 297 g/mol. The summed E-state index contributed by atoms with van der Waals surface area (Å²) in [7, 11) is 1.41. The molecule has 6 heteroatoms. The number of alkyl halides is 3. The standard InChI is InChI=1S/C15H14F3NO2/c1-9-8-10(15(16,17)18)5-6-11(9)13(20)12-4-3-7-19-14(12)21-2/h3-8,13,20H,1-2H3. The van der Waals surface area contributed by atoms with E-state index in [2.05, 4.69) is 4.98 Å². The Morgan fingerprint density at radius 1 is 1.19 bits per heavy atom. The van der Waals surface area contributed by atoms with Crippen molar-refractivity contribution in [2.24, 2.45) is 0 Å². The number of benzene rings is 1. The van der Waals surface area contributed by atoms with E-state index < -0.39 is 17.8 Å². The number of aliphatic hydroxyl groups excluding tert-OH is 1. The molecule has 0 saturated heterocycles. The Bertz CT molecular complexity index is 641. The smallest absolute Gasteiger partial charge is 0.416 e. The van der Waals surface area contributed by atoms with Crippen molar-refractivity contribution < 1.29 is 23.0 Å². The average Bonchev–Trinajstić information content (AvgIpc) is 2.45. The molecule has 112 valence electrons. The van der Waals surface area contributed by atoms with Gasteiger partial charge in [-0.2, -0.15) is 13.2 Å². The van der Waals surface area contributed by atoms with Crippen molar-refractivity contribution in [3.8, 4) is 5.88 Å². The first-order valence-electron chi connectivity index (χ1n) is 6.19. The highest BCUT2D eigenvalue weighted by atomic mass is 19.4. The summed E-state index contributed by atoms with van der Waals surface area (Å²) in [6.07, 6.45) is -3.99. The SMILES string of the molecule is COc1ncccc1C(O)c1ccc(C(F)(F)F)cc1C. The summed E-state index contributed by atoms with van der Waals surface area (Å²) in [5, 5.41) is 10.4. The molecule has 0 amide bonds. The largest absolute Gasteiger partial charge is 0.481 e. The van der Waals surface area contributed by atoms with Crippen LogP contribution in [-0.4, -0.2) is 17.2 Å². The summed E-state index contributed by atoms with van der Waals surface area (Å²) in [5.41, 5.74) is 0.398. The van der Waals surface area contributed by atoms with E-state index in [0.29, 0.717) is 16.7 Å². The van der Waals surface area contributed by atoms with Gasteiger partial charge >= 0.3 is 6.18 Å². The van der Waals surface area contributed by atoms with Crippen molar-refractivity contribution in [3.63, 3.8) is 0 Å². The van der Waals surface area contributed by atoms with Gasteiger partial charge < -0.3 is 9.84 Å². The van der Waals surface area contributed by atoms with Crippen molar-refractivity contribution in [2.75, 3.05) is 7.11 Å². The van der Waals surface area contributed by atoms with Crippen LogP contribution in [0.2, 0.25) is 0 Å². The number of aromatic nitrogens is 1. The van der Waals surface area contributed by atoms with E-state index in [1.54, 1.807) is 12.1 Å². The molecule has 0 aliphatic rings. The molecule has 2 rings (SSSR count). The summed E-state index contributed by atoms with van der Waals surface area (Å²) in [5.74, 6) is 0.240. The van der Waals surface area contributed by atoms with Gasteiger partial charge in [-0.3, -0.25) is 0 Å². The number of pyridine rings is 1. The van der Waals surface area contributed by atoms with Crippen LogP contribution in [0.3, 0.4) is 0 Å². The van der Waals surface area contributed by atoms with E-state index in [0.717, 1.165) is 12.1 Å². The highest BCUT2D eigenvalue weighted by molar-refractivity contribution is 5.41. The van der Waals surface area contributed by atoms with E-state index in [-0.39, 0.29) is 5.88 Å². The maximum atomic E-state index is 12.6. The van der Waals surface area contributed by atoms with Crippen LogP contribution in [0, 0.1) is 6.92 Å². The van der Waals surface area contributed by atoms with E-state index in [1.165, 1.54) is 26.3 Å². The predicted octanol–water partition coefficient (Wildman–Crippen LogP) is 3.50. The third-order valence-electron chi connectivity index (χ3n) is 3.18. The maximum absolute atomic E-state index is 12.6. The van der Waals surface area contributed by atoms with E-state index in [1.807, 2.05) is 0 Å². The minimum atomic E-state index is -4.40. The molecule has 1 N–H and O–H groups in total. The first kappa shape index (κ1) is 15.3. The van der Waals surface area contributed by atoms with Crippen molar-refractivity contribution in [1.29, 1.82) is 0 Å². The number of halogens is 3. The topological polar surface area (TPSA) is 42.4 Å². The molecule has 0 radical (unpaired) electrons. The minimum absolute atomic E-state index is 0.240. The first-order valence-corrected chi connectivity index (χ1v) is 6.19. The fraction of sp³-hybridized carbons (Fsp3) is 0.267. The summed E-state index contributed by atoms with van der Waals surface area (Å²) >= 11 is 0. The van der Waals surface area contributed by atoms with Crippen LogP contribution < -0.4 is 4.74 Å². The first-order chi connectivity index (χ1) is 9.84. The van der Waals surface area contributed by atoms with Crippen LogP contribution in [-0.2, 0) is 6.18 Å². The van der Waals surface area contributed by atoms with Gasteiger partial charge in [-0.05, 0) is 42.3 Å². The molecule has 0 spiro atoms. The van der Waals surface area contributed by atoms with Crippen LogP contribution in [0.15, 0.2) is 36.5 Å². The van der Waals surface area contributed by atoms with Gasteiger partial charge in [0.15, 0.2) is 0 Å². The Morgan fingerprint density at radius 3 is 2.48 bits per heavy atom. The fourth-order valence-electron chi connectivity index (χ4n) is 2.11. The monoisotopic (exact) mass is 297 g/mol. The zero-order valence-electron chi connectivity index (χ0n) is 11.5. The third kappa shape index (κ3) is 3.16. The zero-order chi connectivity index (χ0) is 15.6. The molecule has 1 heterocycles. The van der Waals surface area contributed by atoms with Crippen LogP contribution in [0.1, 0.15) is 28.4 Å². The van der Waals surface area contributed by atoms with Gasteiger partial charge in [0.2, 0.25) is 5.88 Å². The Kier molecular flexibility index (Phi) is 4.18. The van der Waals surface area contributed by atoms with Gasteiger partial charge in [-0.15, -0.1) is 0 Å². The lowest BCUT2D eigenvalue weighted by Gasteiger charge is -2.17. The molecule has 1 atom stereocenters. The van der Waals surface area contributed by atoms with Gasteiger partial charge in [0.05, 0.1) is 12.7 Å². The quantitative estimate of drug-likeness (QED) is 0.943. The molecule has 0 saturated carbocycles. The molecule has 21 heavy (non-hydrogen) atoms. The second-order valence-electron chi connectivity index (χ2n) is 4.57. The lowest BCUT2D eigenvalue weighted by molar-refractivity contribution is -0.137. The van der Waals surface area contributed by atoms with Gasteiger partial charge in [-0.1, -0.05) is 6.07 Å². The zero-order valence-corrected chi connectivity index (χ0v) is 11.5. The maximum Gasteiger partial charge on any atom is 0.416 e. The molecular formula is C15H14F3NO2. The molecule has 0 aliphatic heterocycles. The van der Waals surface area contributed by atoms with Crippen molar-refractivity contribution >= 4 is 0 Å². The molecule has 2 aromatic rings. The summed E-state index contributed by atoms with van der Waals surface area (Å²) in [6.45, 7) is 1.52. The summed E-state index contributed by atoms with van der Waals surface area (Å²) in [4.78, 5) is 3.97. The number of hydrogen-bond donors (Lipinski definition) is 1. The normalized spacial score (nSPS) is 13.0. The van der Waals surface area contributed by atoms with E-state index >= 15 is 0 Å². The van der Waals surface area contributed by atoms with E-state index in [4.69, 9.17) is 4.74 Å². The Hall–Kier alpha value is -2.08. The fourth-order valence-corrected chi connectivity index (χ4v) is 2.11. The van der Waals surface area contributed by atoms with Crippen LogP contribution in [0.5, 0.6) is 5.88 Å². The number of hydrogen-bond acceptors (Lipinski definition) is 3. The van der Waals surface area contributed by atoms with E-state index in [9.17, 15) is 18.3 Å². The predicted molar refractivity (Wildman–Crippen MR) is 71.0 cm³/mol. The third-order valence-corrected chi connectivity index (χ3v) is 3.18. The van der Waals surface area contributed by atoms with Gasteiger partial charge in [0, 0.05) is 11.8 Å². The highest BCUT2D eigenvalue weighted by Gasteiger charge is 2.31. The second kappa shape index (κ2) is 5.73. The summed E-state index contributed by atoms with van der Waals surface area (Å²) in [6, 6.07) is 6.49. The number of aliphatic hydroxyl groups is 1. The molecule has 0 fully saturated rings. The second-order valence-corrected chi connectivity index (χ2v) is 4.57. The number of methoxy groups -OCH3 is 1. The van der Waals surface area contributed by atoms with Crippen LogP contribution in [0.25, 0.3) is 0 Å². The molecule has 3 nitrogen and oxygen atoms in total. The molecular weight excluding hydrogens is 283 g/mol. The molecule has 1 unspecified atom stereocenters. The van der Waals surface area contributed by atoms with Crippen LogP contribution >= 0.6 is 0 Å². The minimum Gasteiger partial charge on any atom is -0.481 e. The molecule has 1 aromatic heterocycles. The number of rotatable bonds is 3. The van der Waals surface area contributed by atoms with Crippen LogP contribution in [0.4, 0.5) is 13.2 Å². The lowest BCUT2D eigenvalue weighted by atomic mass is 9.96. The van der Waals surface area contributed by atoms with Crippen molar-refractivity contribution in [1.82, 2.24) is 4.98 Å². The van der Waals surface area contributed by atoms with Gasteiger partial charge in [0.25, 0.3) is 0 Å².